The van der Waals surface area contributed by atoms with Gasteiger partial charge in [-0.15, -0.1) is 0 Å². The number of fused-ring (bicyclic) bond motifs is 3. The van der Waals surface area contributed by atoms with Gasteiger partial charge < -0.3 is 0 Å². The SMILES string of the molecule is CCCCCCc1cc(Cl)c2c(c1)C(C(F)(F)F)c1ccccc1-2. The van der Waals surface area contributed by atoms with E-state index in [0.717, 1.165) is 37.7 Å². The van der Waals surface area contributed by atoms with Crippen LogP contribution < -0.4 is 0 Å². The van der Waals surface area contributed by atoms with Crippen LogP contribution in [0.5, 0.6) is 0 Å². The standard InChI is InChI=1S/C20H20ClF3/c1-2-3-4-5-8-13-11-16-18(17(21)12-13)14-9-6-7-10-15(14)19(16)20(22,23)24/h6-7,9-12,19H,2-5,8H2,1H3. The van der Waals surface area contributed by atoms with E-state index in [4.69, 9.17) is 11.6 Å². The molecule has 0 saturated heterocycles. The van der Waals surface area contributed by atoms with E-state index < -0.39 is 12.1 Å². The van der Waals surface area contributed by atoms with Gasteiger partial charge in [0.25, 0.3) is 0 Å². The second kappa shape index (κ2) is 6.79. The van der Waals surface area contributed by atoms with Crippen molar-refractivity contribution in [1.82, 2.24) is 0 Å². The summed E-state index contributed by atoms with van der Waals surface area (Å²) in [6.45, 7) is 2.14. The summed E-state index contributed by atoms with van der Waals surface area (Å²) in [5.74, 6) is -1.57. The van der Waals surface area contributed by atoms with Gasteiger partial charge in [0.05, 0.1) is 0 Å². The van der Waals surface area contributed by atoms with Crippen molar-refractivity contribution < 1.29 is 13.2 Å². The minimum absolute atomic E-state index is 0.307. The van der Waals surface area contributed by atoms with E-state index in [2.05, 4.69) is 6.92 Å². The molecule has 2 aromatic rings. The van der Waals surface area contributed by atoms with Crippen LogP contribution >= 0.6 is 11.6 Å². The molecular weight excluding hydrogens is 333 g/mol. The molecule has 0 radical (unpaired) electrons. The fourth-order valence-electron chi connectivity index (χ4n) is 3.60. The molecule has 0 amide bonds. The van der Waals surface area contributed by atoms with Crippen LogP contribution in [-0.4, -0.2) is 6.18 Å². The van der Waals surface area contributed by atoms with Crippen LogP contribution in [0.3, 0.4) is 0 Å². The van der Waals surface area contributed by atoms with Crippen LogP contribution in [0.15, 0.2) is 36.4 Å². The molecule has 0 aliphatic heterocycles. The van der Waals surface area contributed by atoms with E-state index in [9.17, 15) is 13.2 Å². The van der Waals surface area contributed by atoms with Crippen molar-refractivity contribution in [3.05, 3.63) is 58.1 Å². The highest BCUT2D eigenvalue weighted by atomic mass is 35.5. The molecule has 4 heteroatoms. The molecule has 0 bridgehead atoms. The van der Waals surface area contributed by atoms with Crippen molar-refractivity contribution >= 4 is 11.6 Å². The van der Waals surface area contributed by atoms with Crippen LogP contribution in [0, 0.1) is 0 Å². The molecule has 0 heterocycles. The van der Waals surface area contributed by atoms with Gasteiger partial charge in [0.15, 0.2) is 0 Å². The molecule has 0 spiro atoms. The first-order valence-corrected chi connectivity index (χ1v) is 8.79. The third-order valence-corrected chi connectivity index (χ3v) is 4.98. The van der Waals surface area contributed by atoms with Gasteiger partial charge in [-0.2, -0.15) is 13.2 Å². The second-order valence-electron chi connectivity index (χ2n) is 6.41. The van der Waals surface area contributed by atoms with Gasteiger partial charge in [-0.05, 0) is 41.2 Å². The maximum atomic E-state index is 13.7. The first-order chi connectivity index (χ1) is 11.4. The lowest BCUT2D eigenvalue weighted by Crippen LogP contribution is -2.20. The van der Waals surface area contributed by atoms with Gasteiger partial charge in [0.1, 0.15) is 5.92 Å². The summed E-state index contributed by atoms with van der Waals surface area (Å²) in [6.07, 6.45) is 0.811. The Morgan fingerprint density at radius 2 is 1.75 bits per heavy atom. The molecule has 128 valence electrons. The van der Waals surface area contributed by atoms with Crippen molar-refractivity contribution in [1.29, 1.82) is 0 Å². The quantitative estimate of drug-likeness (QED) is 0.502. The summed E-state index contributed by atoms with van der Waals surface area (Å²) in [4.78, 5) is 0. The second-order valence-corrected chi connectivity index (χ2v) is 6.82. The van der Waals surface area contributed by atoms with Crippen molar-refractivity contribution in [2.45, 2.75) is 51.1 Å². The summed E-state index contributed by atoms with van der Waals surface area (Å²) in [6, 6.07) is 10.3. The summed E-state index contributed by atoms with van der Waals surface area (Å²) < 4.78 is 41.1. The Morgan fingerprint density at radius 3 is 2.46 bits per heavy atom. The Kier molecular flexibility index (Phi) is 4.91. The first-order valence-electron chi connectivity index (χ1n) is 8.41. The summed E-state index contributed by atoms with van der Waals surface area (Å²) in [7, 11) is 0. The maximum Gasteiger partial charge on any atom is 0.399 e. The predicted molar refractivity (Wildman–Crippen MR) is 92.6 cm³/mol. The molecular formula is C20H20ClF3. The smallest absolute Gasteiger partial charge is 0.170 e. The van der Waals surface area contributed by atoms with E-state index >= 15 is 0 Å². The highest BCUT2D eigenvalue weighted by Gasteiger charge is 2.47. The highest BCUT2D eigenvalue weighted by Crippen LogP contribution is 2.54. The van der Waals surface area contributed by atoms with Gasteiger partial charge in [-0.3, -0.25) is 0 Å². The molecule has 0 aromatic heterocycles. The van der Waals surface area contributed by atoms with Gasteiger partial charge in [0.2, 0.25) is 0 Å². The Morgan fingerprint density at radius 1 is 1.00 bits per heavy atom. The average Bonchev–Trinajstić information content (AvgIpc) is 2.86. The largest absolute Gasteiger partial charge is 0.399 e. The first kappa shape index (κ1) is 17.3. The fraction of sp³-hybridized carbons (Fsp3) is 0.400. The third kappa shape index (κ3) is 3.19. The number of aryl methyl sites for hydroxylation is 1. The number of hydrogen-bond acceptors (Lipinski definition) is 0. The van der Waals surface area contributed by atoms with E-state index in [1.807, 2.05) is 6.07 Å². The number of rotatable bonds is 5. The normalized spacial score (nSPS) is 16.1. The Balaban J connectivity index is 2.01. The molecule has 24 heavy (non-hydrogen) atoms. The Hall–Kier alpha value is -1.48. The number of hydrogen-bond donors (Lipinski definition) is 0. The lowest BCUT2D eigenvalue weighted by molar-refractivity contribution is -0.140. The molecule has 1 aliphatic carbocycles. The van der Waals surface area contributed by atoms with Crippen molar-refractivity contribution in [3.63, 3.8) is 0 Å². The van der Waals surface area contributed by atoms with E-state index in [0.29, 0.717) is 27.3 Å². The van der Waals surface area contributed by atoms with Gasteiger partial charge in [-0.25, -0.2) is 0 Å². The molecule has 0 saturated carbocycles. The lowest BCUT2D eigenvalue weighted by atomic mass is 9.94. The van der Waals surface area contributed by atoms with Crippen molar-refractivity contribution in [2.24, 2.45) is 0 Å². The van der Waals surface area contributed by atoms with Crippen LogP contribution in [0.25, 0.3) is 11.1 Å². The van der Waals surface area contributed by atoms with Gasteiger partial charge in [0, 0.05) is 10.6 Å². The Bertz CT molecular complexity index is 734. The zero-order chi connectivity index (χ0) is 17.3. The lowest BCUT2D eigenvalue weighted by Gasteiger charge is -2.18. The average molecular weight is 353 g/mol. The Labute approximate surface area is 145 Å². The summed E-state index contributed by atoms with van der Waals surface area (Å²) in [5.41, 5.74) is 2.67. The molecule has 1 unspecified atom stereocenters. The van der Waals surface area contributed by atoms with Crippen molar-refractivity contribution in [2.75, 3.05) is 0 Å². The topological polar surface area (TPSA) is 0 Å². The summed E-state index contributed by atoms with van der Waals surface area (Å²) in [5, 5.41) is 0.428. The monoisotopic (exact) mass is 352 g/mol. The van der Waals surface area contributed by atoms with Crippen LogP contribution in [-0.2, 0) is 6.42 Å². The van der Waals surface area contributed by atoms with Gasteiger partial charge in [-0.1, -0.05) is 68.1 Å². The van der Waals surface area contributed by atoms with Gasteiger partial charge >= 0.3 is 6.18 Å². The van der Waals surface area contributed by atoms with E-state index in [1.54, 1.807) is 30.3 Å². The predicted octanol–water partition coefficient (Wildman–Crippen LogP) is 7.14. The minimum atomic E-state index is -4.31. The zero-order valence-corrected chi connectivity index (χ0v) is 14.3. The third-order valence-electron chi connectivity index (χ3n) is 4.68. The number of alkyl halides is 3. The number of unbranched alkanes of at least 4 members (excludes halogenated alkanes) is 3. The van der Waals surface area contributed by atoms with E-state index in [1.165, 1.54) is 0 Å². The fourth-order valence-corrected chi connectivity index (χ4v) is 3.95. The molecule has 1 aliphatic rings. The van der Waals surface area contributed by atoms with Crippen LogP contribution in [0.1, 0.15) is 55.2 Å². The van der Waals surface area contributed by atoms with Crippen molar-refractivity contribution in [3.8, 4) is 11.1 Å². The zero-order valence-electron chi connectivity index (χ0n) is 13.6. The molecule has 0 nitrogen and oxygen atoms in total. The summed E-state index contributed by atoms with van der Waals surface area (Å²) >= 11 is 6.39. The molecule has 0 fully saturated rings. The minimum Gasteiger partial charge on any atom is -0.170 e. The number of benzene rings is 2. The van der Waals surface area contributed by atoms with Crippen LogP contribution in [0.4, 0.5) is 13.2 Å². The van der Waals surface area contributed by atoms with E-state index in [-0.39, 0.29) is 0 Å². The molecule has 3 rings (SSSR count). The number of halogens is 4. The van der Waals surface area contributed by atoms with Crippen LogP contribution in [0.2, 0.25) is 5.02 Å². The molecule has 2 aromatic carbocycles. The molecule has 0 N–H and O–H groups in total. The molecule has 1 atom stereocenters. The highest BCUT2D eigenvalue weighted by molar-refractivity contribution is 6.34. The maximum absolute atomic E-state index is 13.7.